The number of benzene rings is 3. The largest absolute Gasteiger partial charge is 0.508 e. The number of nitrogens with one attached hydrogen (secondary N) is 1. The number of amides is 1. The van der Waals surface area contributed by atoms with Crippen LogP contribution in [0.25, 0.3) is 0 Å². The van der Waals surface area contributed by atoms with Crippen molar-refractivity contribution in [3.8, 4) is 11.5 Å². The van der Waals surface area contributed by atoms with Crippen LogP contribution < -0.4 is 10.2 Å². The minimum Gasteiger partial charge on any atom is -0.508 e. The summed E-state index contributed by atoms with van der Waals surface area (Å²) in [6.07, 6.45) is 1.47. The SMILES string of the molecule is O=C(N/N=C/c1ccc(OC(=O)c2cccc(Br)c2)cc1)c1ccc(O)cc1. The summed E-state index contributed by atoms with van der Waals surface area (Å²) in [7, 11) is 0. The highest BCUT2D eigenvalue weighted by molar-refractivity contribution is 9.10. The second-order valence-corrected chi connectivity index (χ2v) is 6.63. The molecule has 2 N–H and O–H groups in total. The molecule has 7 heteroatoms. The number of hydrogen-bond donors (Lipinski definition) is 2. The van der Waals surface area contributed by atoms with Crippen LogP contribution in [0.15, 0.2) is 82.4 Å². The van der Waals surface area contributed by atoms with E-state index in [4.69, 9.17) is 4.74 Å². The summed E-state index contributed by atoms with van der Waals surface area (Å²) in [5, 5.41) is 13.1. The van der Waals surface area contributed by atoms with E-state index < -0.39 is 11.9 Å². The molecular weight excluding hydrogens is 424 g/mol. The zero-order valence-corrected chi connectivity index (χ0v) is 16.1. The monoisotopic (exact) mass is 438 g/mol. The van der Waals surface area contributed by atoms with Gasteiger partial charge in [0.05, 0.1) is 11.8 Å². The topological polar surface area (TPSA) is 88.0 Å². The molecule has 0 unspecified atom stereocenters. The van der Waals surface area contributed by atoms with Gasteiger partial charge in [-0.1, -0.05) is 22.0 Å². The number of esters is 1. The summed E-state index contributed by atoms with van der Waals surface area (Å²) in [4.78, 5) is 24.0. The molecule has 0 aliphatic carbocycles. The highest BCUT2D eigenvalue weighted by Gasteiger charge is 2.08. The second kappa shape index (κ2) is 8.96. The average Bonchev–Trinajstić information content (AvgIpc) is 2.69. The molecule has 3 aromatic rings. The predicted molar refractivity (Wildman–Crippen MR) is 109 cm³/mol. The average molecular weight is 439 g/mol. The summed E-state index contributed by atoms with van der Waals surface area (Å²) in [5.41, 5.74) is 3.94. The molecule has 3 rings (SSSR count). The van der Waals surface area contributed by atoms with Crippen LogP contribution in [0.4, 0.5) is 0 Å². The Bertz CT molecular complexity index is 1020. The lowest BCUT2D eigenvalue weighted by molar-refractivity contribution is 0.0734. The van der Waals surface area contributed by atoms with Crippen molar-refractivity contribution in [3.63, 3.8) is 0 Å². The molecular formula is C21H15BrN2O4. The van der Waals surface area contributed by atoms with E-state index in [9.17, 15) is 14.7 Å². The first-order valence-electron chi connectivity index (χ1n) is 8.21. The Morgan fingerprint density at radius 3 is 2.36 bits per heavy atom. The van der Waals surface area contributed by atoms with Crippen molar-refractivity contribution in [2.24, 2.45) is 5.10 Å². The van der Waals surface area contributed by atoms with Crippen molar-refractivity contribution in [2.45, 2.75) is 0 Å². The third-order valence-corrected chi connectivity index (χ3v) is 4.15. The Hall–Kier alpha value is -3.45. The van der Waals surface area contributed by atoms with Gasteiger partial charge in [0.1, 0.15) is 11.5 Å². The molecule has 0 atom stereocenters. The van der Waals surface area contributed by atoms with E-state index in [1.807, 2.05) is 6.07 Å². The highest BCUT2D eigenvalue weighted by Crippen LogP contribution is 2.16. The Kier molecular flexibility index (Phi) is 6.18. The summed E-state index contributed by atoms with van der Waals surface area (Å²) in [5.74, 6) is -0.365. The van der Waals surface area contributed by atoms with Crippen LogP contribution >= 0.6 is 15.9 Å². The van der Waals surface area contributed by atoms with E-state index in [-0.39, 0.29) is 5.75 Å². The fourth-order valence-corrected chi connectivity index (χ4v) is 2.65. The van der Waals surface area contributed by atoms with Gasteiger partial charge in [-0.05, 0) is 72.3 Å². The van der Waals surface area contributed by atoms with Gasteiger partial charge in [-0.15, -0.1) is 0 Å². The highest BCUT2D eigenvalue weighted by atomic mass is 79.9. The van der Waals surface area contributed by atoms with Gasteiger partial charge in [-0.2, -0.15) is 5.10 Å². The van der Waals surface area contributed by atoms with Crippen LogP contribution in [0.2, 0.25) is 0 Å². The van der Waals surface area contributed by atoms with E-state index in [0.29, 0.717) is 22.4 Å². The predicted octanol–water partition coefficient (Wildman–Crippen LogP) is 4.14. The van der Waals surface area contributed by atoms with Crippen molar-refractivity contribution in [1.82, 2.24) is 5.43 Å². The van der Waals surface area contributed by atoms with Crippen LogP contribution in [0.1, 0.15) is 26.3 Å². The van der Waals surface area contributed by atoms with E-state index in [2.05, 4.69) is 26.5 Å². The van der Waals surface area contributed by atoms with Gasteiger partial charge in [0.25, 0.3) is 5.91 Å². The molecule has 6 nitrogen and oxygen atoms in total. The molecule has 0 bridgehead atoms. The Morgan fingerprint density at radius 1 is 0.964 bits per heavy atom. The molecule has 0 aliphatic heterocycles. The smallest absolute Gasteiger partial charge is 0.343 e. The third kappa shape index (κ3) is 5.28. The van der Waals surface area contributed by atoms with Gasteiger partial charge >= 0.3 is 5.97 Å². The van der Waals surface area contributed by atoms with Crippen LogP contribution in [-0.4, -0.2) is 23.2 Å². The third-order valence-electron chi connectivity index (χ3n) is 3.66. The Balaban J connectivity index is 1.56. The number of rotatable bonds is 5. The quantitative estimate of drug-likeness (QED) is 0.271. The number of hydrogen-bond acceptors (Lipinski definition) is 5. The minimum absolute atomic E-state index is 0.0840. The van der Waals surface area contributed by atoms with Crippen molar-refractivity contribution in [1.29, 1.82) is 0 Å². The summed E-state index contributed by atoms with van der Waals surface area (Å²) in [6.45, 7) is 0. The molecule has 28 heavy (non-hydrogen) atoms. The van der Waals surface area contributed by atoms with Crippen molar-refractivity contribution in [2.75, 3.05) is 0 Å². The van der Waals surface area contributed by atoms with E-state index >= 15 is 0 Å². The zero-order chi connectivity index (χ0) is 19.9. The molecule has 0 heterocycles. The number of phenolic OH excluding ortho intramolecular Hbond substituents is 1. The van der Waals surface area contributed by atoms with Crippen molar-refractivity contribution in [3.05, 3.63) is 94.0 Å². The Labute approximate surface area is 169 Å². The van der Waals surface area contributed by atoms with Crippen LogP contribution in [0, 0.1) is 0 Å². The maximum atomic E-state index is 12.1. The van der Waals surface area contributed by atoms with Crippen molar-refractivity contribution >= 4 is 34.0 Å². The van der Waals surface area contributed by atoms with Crippen LogP contribution in [-0.2, 0) is 0 Å². The van der Waals surface area contributed by atoms with Gasteiger partial charge < -0.3 is 9.84 Å². The standard InChI is InChI=1S/C21H15BrN2O4/c22-17-3-1-2-16(12-17)21(27)28-19-10-4-14(5-11-19)13-23-24-20(26)15-6-8-18(25)9-7-15/h1-13,25H,(H,24,26)/b23-13+. The molecule has 3 aromatic carbocycles. The minimum atomic E-state index is -0.455. The number of aromatic hydroxyl groups is 1. The van der Waals surface area contributed by atoms with E-state index in [1.54, 1.807) is 42.5 Å². The van der Waals surface area contributed by atoms with Crippen molar-refractivity contribution < 1.29 is 19.4 Å². The normalized spacial score (nSPS) is 10.6. The molecule has 0 saturated carbocycles. The van der Waals surface area contributed by atoms with Gasteiger partial charge in [0, 0.05) is 10.0 Å². The van der Waals surface area contributed by atoms with Gasteiger partial charge in [0.2, 0.25) is 0 Å². The maximum absolute atomic E-state index is 12.1. The van der Waals surface area contributed by atoms with Crippen LogP contribution in [0.3, 0.4) is 0 Å². The number of hydrazone groups is 1. The molecule has 0 aromatic heterocycles. The van der Waals surface area contributed by atoms with E-state index in [0.717, 1.165) is 4.47 Å². The first-order chi connectivity index (χ1) is 13.5. The number of nitrogens with zero attached hydrogens (tertiary/aromatic N) is 1. The van der Waals surface area contributed by atoms with Gasteiger partial charge in [-0.3, -0.25) is 4.79 Å². The van der Waals surface area contributed by atoms with Crippen LogP contribution in [0.5, 0.6) is 11.5 Å². The summed E-state index contributed by atoms with van der Waals surface area (Å²) < 4.78 is 6.12. The zero-order valence-electron chi connectivity index (χ0n) is 14.5. The fourth-order valence-electron chi connectivity index (χ4n) is 2.25. The molecule has 0 saturated heterocycles. The molecule has 0 fully saturated rings. The second-order valence-electron chi connectivity index (χ2n) is 5.71. The number of halogens is 1. The molecule has 0 radical (unpaired) electrons. The molecule has 0 aliphatic rings. The lowest BCUT2D eigenvalue weighted by Gasteiger charge is -2.05. The summed E-state index contributed by atoms with van der Waals surface area (Å²) in [6, 6.07) is 19.5. The number of carbonyl (C=O) groups is 2. The number of carbonyl (C=O) groups excluding carboxylic acids is 2. The fraction of sp³-hybridized carbons (Fsp3) is 0. The summed E-state index contributed by atoms with van der Waals surface area (Å²) >= 11 is 3.31. The molecule has 1 amide bonds. The number of phenols is 1. The van der Waals surface area contributed by atoms with Gasteiger partial charge in [0.15, 0.2) is 0 Å². The molecule has 140 valence electrons. The first kappa shape index (κ1) is 19.3. The van der Waals surface area contributed by atoms with E-state index in [1.165, 1.54) is 30.5 Å². The Morgan fingerprint density at radius 2 is 1.68 bits per heavy atom. The van der Waals surface area contributed by atoms with Gasteiger partial charge in [-0.25, -0.2) is 10.2 Å². The lowest BCUT2D eigenvalue weighted by atomic mass is 10.2. The number of ether oxygens (including phenoxy) is 1. The lowest BCUT2D eigenvalue weighted by Crippen LogP contribution is -2.17. The maximum Gasteiger partial charge on any atom is 0.343 e. The molecule has 0 spiro atoms. The first-order valence-corrected chi connectivity index (χ1v) is 9.01.